The van der Waals surface area contributed by atoms with E-state index in [1.165, 1.54) is 35.2 Å². The zero-order valence-electron chi connectivity index (χ0n) is 29.1. The SMILES string of the molecule is CN(C)c1cc(C2=C3[C@H]4CC(C)(C)C[C@@H](C(=O)O)[C@H]4CC[C@@]3(C)[C@]3(C)CC[C@H]4C(C)(C)c5[nH]nc(N)c5C[C@]4(C)C3C2)ccn1. The predicted molar refractivity (Wildman–Crippen MR) is 181 cm³/mol. The molecular formula is C38H55N5O2. The molecule has 0 saturated heterocycles. The summed E-state index contributed by atoms with van der Waals surface area (Å²) in [5.41, 5.74) is 13.4. The minimum absolute atomic E-state index is 0.0162. The van der Waals surface area contributed by atoms with Gasteiger partial charge in [-0.25, -0.2) is 4.98 Å². The van der Waals surface area contributed by atoms with Gasteiger partial charge in [0.1, 0.15) is 11.6 Å². The van der Waals surface area contributed by atoms with Crippen LogP contribution >= 0.6 is 0 Å². The smallest absolute Gasteiger partial charge is 0.306 e. The number of hydrogen-bond acceptors (Lipinski definition) is 5. The Morgan fingerprint density at radius 3 is 2.47 bits per heavy atom. The summed E-state index contributed by atoms with van der Waals surface area (Å²) >= 11 is 0. The van der Waals surface area contributed by atoms with Gasteiger partial charge in [-0.05, 0) is 120 Å². The number of hydrogen-bond donors (Lipinski definition) is 3. The number of fused-ring (bicyclic) bond motifs is 8. The summed E-state index contributed by atoms with van der Waals surface area (Å²) in [7, 11) is 4.13. The Morgan fingerprint density at radius 1 is 1.04 bits per heavy atom. The molecule has 7 nitrogen and oxygen atoms in total. The van der Waals surface area contributed by atoms with Crippen molar-refractivity contribution in [2.45, 2.75) is 105 Å². The van der Waals surface area contributed by atoms with Crippen LogP contribution in [0.4, 0.5) is 11.6 Å². The molecule has 7 heteroatoms. The highest BCUT2D eigenvalue weighted by Gasteiger charge is 2.68. The summed E-state index contributed by atoms with van der Waals surface area (Å²) in [6.45, 7) is 17.2. The van der Waals surface area contributed by atoms with E-state index in [9.17, 15) is 9.90 Å². The number of pyridine rings is 1. The first-order chi connectivity index (χ1) is 20.9. The van der Waals surface area contributed by atoms with Crippen LogP contribution in [0, 0.1) is 51.2 Å². The van der Waals surface area contributed by atoms with Crippen LogP contribution < -0.4 is 10.6 Å². The molecule has 0 spiro atoms. The van der Waals surface area contributed by atoms with E-state index < -0.39 is 5.97 Å². The molecule has 8 atom stereocenters. The number of rotatable bonds is 3. The third kappa shape index (κ3) is 4.10. The lowest BCUT2D eigenvalue weighted by molar-refractivity contribution is -0.161. The highest BCUT2D eigenvalue weighted by atomic mass is 16.4. The van der Waals surface area contributed by atoms with E-state index in [2.05, 4.69) is 89.8 Å². The fraction of sp³-hybridized carbons (Fsp3) is 0.711. The van der Waals surface area contributed by atoms with Crippen LogP contribution in [-0.4, -0.2) is 40.4 Å². The second kappa shape index (κ2) is 9.60. The molecule has 2 heterocycles. The van der Waals surface area contributed by atoms with Crippen LogP contribution in [0.1, 0.15) is 110 Å². The Labute approximate surface area is 269 Å². The van der Waals surface area contributed by atoms with Crippen molar-refractivity contribution in [1.29, 1.82) is 0 Å². The van der Waals surface area contributed by atoms with Gasteiger partial charge in [-0.2, -0.15) is 5.10 Å². The van der Waals surface area contributed by atoms with Gasteiger partial charge in [0, 0.05) is 37.0 Å². The summed E-state index contributed by atoms with van der Waals surface area (Å²) in [5.74, 6) is 2.18. The molecule has 7 rings (SSSR count). The molecule has 2 aromatic rings. The highest BCUT2D eigenvalue weighted by molar-refractivity contribution is 5.76. The van der Waals surface area contributed by atoms with Crippen LogP contribution in [-0.2, 0) is 16.6 Å². The van der Waals surface area contributed by atoms with Crippen LogP contribution in [0.3, 0.4) is 0 Å². The molecule has 2 aromatic heterocycles. The number of nitrogens with zero attached hydrogens (tertiary/aromatic N) is 3. The van der Waals surface area contributed by atoms with Gasteiger partial charge in [-0.1, -0.05) is 54.0 Å². The van der Waals surface area contributed by atoms with Crippen LogP contribution in [0.5, 0.6) is 0 Å². The van der Waals surface area contributed by atoms with Gasteiger partial charge >= 0.3 is 5.97 Å². The summed E-state index contributed by atoms with van der Waals surface area (Å²) in [4.78, 5) is 19.6. The summed E-state index contributed by atoms with van der Waals surface area (Å²) < 4.78 is 0. The van der Waals surface area contributed by atoms with Gasteiger partial charge in [0.25, 0.3) is 0 Å². The normalized spacial score (nSPS) is 39.5. The molecule has 5 aliphatic rings. The van der Waals surface area contributed by atoms with E-state index in [0.717, 1.165) is 44.3 Å². The van der Waals surface area contributed by atoms with Gasteiger partial charge in [-0.15, -0.1) is 0 Å². The van der Waals surface area contributed by atoms with E-state index >= 15 is 0 Å². The standard InChI is InChI=1S/C38H55N5O2/c1-34(2)18-24-22(25(19-34)33(44)45)10-13-38(7)30(24)23(21-12-15-40-29(16-21)43(8)9)17-28-36(5)20-26-31(41-42-32(26)39)35(3,4)27(36)11-14-37(28,38)6/h12,15-16,22,24-25,27-28H,10-11,13-14,17-20H2,1-9H3,(H,44,45)(H3,39,41,42)/t22-,24-,25+,27-,28?,36-,37+,38+/m0/s1. The number of nitrogens with two attached hydrogens (primary N) is 1. The quantitative estimate of drug-likeness (QED) is 0.327. The van der Waals surface area contributed by atoms with E-state index in [1.54, 1.807) is 5.57 Å². The van der Waals surface area contributed by atoms with E-state index in [4.69, 9.17) is 10.7 Å². The fourth-order valence-electron chi connectivity index (χ4n) is 12.5. The number of carbonyl (C=O) groups is 1. The zero-order valence-corrected chi connectivity index (χ0v) is 29.1. The van der Waals surface area contributed by atoms with Gasteiger partial charge in [-0.3, -0.25) is 9.89 Å². The number of aromatic nitrogens is 3. The highest BCUT2D eigenvalue weighted by Crippen LogP contribution is 2.76. The Balaban J connectivity index is 1.47. The predicted octanol–water partition coefficient (Wildman–Crippen LogP) is 7.74. The Bertz CT molecular complexity index is 1590. The monoisotopic (exact) mass is 613 g/mol. The molecule has 5 aliphatic carbocycles. The summed E-state index contributed by atoms with van der Waals surface area (Å²) in [6.07, 6.45) is 10.2. The first-order valence-electron chi connectivity index (χ1n) is 17.4. The molecule has 0 aromatic carbocycles. The van der Waals surface area contributed by atoms with Crippen molar-refractivity contribution >= 4 is 23.2 Å². The maximum atomic E-state index is 12.8. The lowest BCUT2D eigenvalue weighted by Crippen LogP contribution is -2.64. The molecule has 0 radical (unpaired) electrons. The van der Waals surface area contributed by atoms with Crippen molar-refractivity contribution in [3.05, 3.63) is 40.7 Å². The lowest BCUT2D eigenvalue weighted by Gasteiger charge is -2.70. The van der Waals surface area contributed by atoms with Crippen LogP contribution in [0.15, 0.2) is 23.9 Å². The average molecular weight is 614 g/mol. The second-order valence-electron chi connectivity index (χ2n) is 18.0. The van der Waals surface area contributed by atoms with E-state index in [-0.39, 0.29) is 44.8 Å². The molecule has 3 saturated carbocycles. The lowest BCUT2D eigenvalue weighted by atomic mass is 9.33. The second-order valence-corrected chi connectivity index (χ2v) is 18.0. The molecule has 3 fully saturated rings. The van der Waals surface area contributed by atoms with Crippen LogP contribution in [0.2, 0.25) is 0 Å². The molecular weight excluding hydrogens is 558 g/mol. The Kier molecular flexibility index (Phi) is 6.57. The van der Waals surface area contributed by atoms with Crippen LogP contribution in [0.25, 0.3) is 5.57 Å². The van der Waals surface area contributed by atoms with Gasteiger partial charge in [0.05, 0.1) is 5.92 Å². The Morgan fingerprint density at radius 2 is 1.78 bits per heavy atom. The topological polar surface area (TPSA) is 108 Å². The number of carboxylic acids is 1. The summed E-state index contributed by atoms with van der Waals surface area (Å²) in [5, 5.41) is 18.4. The van der Waals surface area contributed by atoms with Crippen molar-refractivity contribution in [2.24, 2.45) is 51.2 Å². The molecule has 1 unspecified atom stereocenters. The summed E-state index contributed by atoms with van der Waals surface area (Å²) in [6, 6.07) is 4.52. The van der Waals surface area contributed by atoms with E-state index in [1.807, 2.05) is 6.20 Å². The van der Waals surface area contributed by atoms with E-state index in [0.29, 0.717) is 17.7 Å². The number of allylic oxidation sites excluding steroid dienone is 2. The molecule has 0 bridgehead atoms. The first-order valence-corrected chi connectivity index (χ1v) is 17.4. The van der Waals surface area contributed by atoms with Crippen molar-refractivity contribution in [1.82, 2.24) is 15.2 Å². The minimum Gasteiger partial charge on any atom is -0.481 e. The maximum Gasteiger partial charge on any atom is 0.306 e. The zero-order chi connectivity index (χ0) is 32.5. The molecule has 0 amide bonds. The number of H-pyrrole nitrogens is 1. The van der Waals surface area contributed by atoms with Crippen molar-refractivity contribution in [3.8, 4) is 0 Å². The number of nitrogen functional groups attached to an aromatic ring is 1. The molecule has 45 heavy (non-hydrogen) atoms. The number of anilines is 2. The number of carboxylic acid groups (broad SMARTS) is 1. The fourth-order valence-corrected chi connectivity index (χ4v) is 12.5. The van der Waals surface area contributed by atoms with Crippen molar-refractivity contribution < 1.29 is 9.90 Å². The third-order valence-corrected chi connectivity index (χ3v) is 14.7. The Hall–Kier alpha value is -2.83. The molecule has 0 aliphatic heterocycles. The number of nitrogens with one attached hydrogen (secondary N) is 1. The maximum absolute atomic E-state index is 12.8. The van der Waals surface area contributed by atoms with Crippen molar-refractivity contribution in [2.75, 3.05) is 24.7 Å². The first kappa shape index (κ1) is 30.8. The van der Waals surface area contributed by atoms with Crippen molar-refractivity contribution in [3.63, 3.8) is 0 Å². The average Bonchev–Trinajstić information content (AvgIpc) is 3.32. The number of aliphatic carboxylic acids is 1. The molecule has 244 valence electrons. The number of aromatic amines is 1. The van der Waals surface area contributed by atoms with Gasteiger partial charge in [0.15, 0.2) is 0 Å². The third-order valence-electron chi connectivity index (χ3n) is 14.7. The molecule has 4 N–H and O–H groups in total. The minimum atomic E-state index is -0.604. The van der Waals surface area contributed by atoms with Gasteiger partial charge < -0.3 is 15.7 Å². The van der Waals surface area contributed by atoms with Gasteiger partial charge in [0.2, 0.25) is 0 Å². The largest absolute Gasteiger partial charge is 0.481 e.